The maximum atomic E-state index is 13.1. The fraction of sp³-hybridized carbons (Fsp3) is 0.333. The molecule has 1 saturated heterocycles. The van der Waals surface area contributed by atoms with Gasteiger partial charge in [-0.15, -0.1) is 0 Å². The molecule has 3 rings (SSSR count). The highest BCUT2D eigenvalue weighted by atomic mass is 79.9. The maximum Gasteiger partial charge on any atom is 0.269 e. The first-order valence-corrected chi connectivity index (χ1v) is 10.0. The van der Waals surface area contributed by atoms with E-state index in [2.05, 4.69) is 26.8 Å². The number of nitrogens with one attached hydrogen (secondary N) is 2. The lowest BCUT2D eigenvalue weighted by molar-refractivity contribution is -0.131. The number of rotatable bonds is 5. The lowest BCUT2D eigenvalue weighted by Crippen LogP contribution is -2.53. The number of amides is 2. The van der Waals surface area contributed by atoms with E-state index < -0.39 is 5.41 Å². The standard InChI is InChI=1S/C21H23BrN2O4/c1-2-28-18-9-3-15(4-10-18)19(25)23-24-20(26)21(11-13-27-14-12-21)16-5-7-17(22)8-6-16/h3-10H,2,11-14H2,1H3,(H,23,25)(H,24,26). The van der Waals surface area contributed by atoms with Gasteiger partial charge in [0, 0.05) is 23.2 Å². The molecule has 1 fully saturated rings. The Morgan fingerprint density at radius 3 is 2.29 bits per heavy atom. The highest BCUT2D eigenvalue weighted by Crippen LogP contribution is 2.35. The van der Waals surface area contributed by atoms with Crippen molar-refractivity contribution in [3.63, 3.8) is 0 Å². The number of hydrazine groups is 1. The van der Waals surface area contributed by atoms with Crippen LogP contribution in [0.3, 0.4) is 0 Å². The fourth-order valence-corrected chi connectivity index (χ4v) is 3.57. The van der Waals surface area contributed by atoms with Crippen LogP contribution in [0.5, 0.6) is 5.75 Å². The average Bonchev–Trinajstić information content (AvgIpc) is 2.73. The van der Waals surface area contributed by atoms with E-state index in [1.807, 2.05) is 31.2 Å². The van der Waals surface area contributed by atoms with Crippen molar-refractivity contribution in [2.24, 2.45) is 0 Å². The van der Waals surface area contributed by atoms with E-state index >= 15 is 0 Å². The van der Waals surface area contributed by atoms with Gasteiger partial charge in [0.2, 0.25) is 5.91 Å². The number of benzene rings is 2. The minimum Gasteiger partial charge on any atom is -0.494 e. The van der Waals surface area contributed by atoms with Crippen LogP contribution < -0.4 is 15.6 Å². The molecule has 2 N–H and O–H groups in total. The highest BCUT2D eigenvalue weighted by molar-refractivity contribution is 9.10. The molecule has 0 atom stereocenters. The fourth-order valence-electron chi connectivity index (χ4n) is 3.31. The van der Waals surface area contributed by atoms with Crippen LogP contribution in [0.25, 0.3) is 0 Å². The predicted molar refractivity (Wildman–Crippen MR) is 109 cm³/mol. The van der Waals surface area contributed by atoms with Gasteiger partial charge in [-0.05, 0) is 61.7 Å². The van der Waals surface area contributed by atoms with Gasteiger partial charge in [-0.1, -0.05) is 28.1 Å². The third-order valence-electron chi connectivity index (χ3n) is 4.89. The second kappa shape index (κ2) is 9.21. The lowest BCUT2D eigenvalue weighted by Gasteiger charge is -2.36. The summed E-state index contributed by atoms with van der Waals surface area (Å²) in [5.74, 6) is 0.0753. The molecule has 0 unspecified atom stereocenters. The molecule has 2 amide bonds. The molecule has 0 saturated carbocycles. The summed E-state index contributed by atoms with van der Waals surface area (Å²) >= 11 is 3.42. The SMILES string of the molecule is CCOc1ccc(C(=O)NNC(=O)C2(c3ccc(Br)cc3)CCOCC2)cc1. The zero-order valence-electron chi connectivity index (χ0n) is 15.7. The molecule has 1 aliphatic heterocycles. The number of ether oxygens (including phenoxy) is 2. The Morgan fingerprint density at radius 1 is 1.04 bits per heavy atom. The molecule has 148 valence electrons. The first kappa shape index (κ1) is 20.4. The van der Waals surface area contributed by atoms with E-state index in [9.17, 15) is 9.59 Å². The Kier molecular flexibility index (Phi) is 6.70. The Labute approximate surface area is 172 Å². The zero-order valence-corrected chi connectivity index (χ0v) is 17.3. The second-order valence-corrected chi connectivity index (χ2v) is 7.48. The van der Waals surface area contributed by atoms with Gasteiger partial charge in [0.15, 0.2) is 0 Å². The number of halogens is 1. The number of hydrogen-bond donors (Lipinski definition) is 2. The van der Waals surface area contributed by atoms with Gasteiger partial charge in [0.1, 0.15) is 5.75 Å². The van der Waals surface area contributed by atoms with Crippen LogP contribution in [-0.4, -0.2) is 31.6 Å². The van der Waals surface area contributed by atoms with Gasteiger partial charge >= 0.3 is 0 Å². The van der Waals surface area contributed by atoms with Crippen LogP contribution >= 0.6 is 15.9 Å². The Bertz CT molecular complexity index is 815. The molecular formula is C21H23BrN2O4. The molecule has 0 bridgehead atoms. The van der Waals surface area contributed by atoms with Crippen LogP contribution in [0.1, 0.15) is 35.7 Å². The Balaban J connectivity index is 1.70. The van der Waals surface area contributed by atoms with E-state index in [-0.39, 0.29) is 11.8 Å². The van der Waals surface area contributed by atoms with Gasteiger partial charge in [-0.25, -0.2) is 0 Å². The van der Waals surface area contributed by atoms with Gasteiger partial charge in [0.25, 0.3) is 5.91 Å². The van der Waals surface area contributed by atoms with Crippen LogP contribution in [-0.2, 0) is 14.9 Å². The summed E-state index contributed by atoms with van der Waals surface area (Å²) in [4.78, 5) is 25.5. The minimum atomic E-state index is -0.731. The van der Waals surface area contributed by atoms with E-state index in [0.29, 0.717) is 44.0 Å². The van der Waals surface area contributed by atoms with Crippen molar-refractivity contribution in [1.82, 2.24) is 10.9 Å². The van der Waals surface area contributed by atoms with Crippen LogP contribution in [0.4, 0.5) is 0 Å². The van der Waals surface area contributed by atoms with Gasteiger partial charge < -0.3 is 9.47 Å². The second-order valence-electron chi connectivity index (χ2n) is 6.57. The summed E-state index contributed by atoms with van der Waals surface area (Å²) < 4.78 is 11.8. The van der Waals surface area contributed by atoms with Crippen LogP contribution in [0.2, 0.25) is 0 Å². The van der Waals surface area contributed by atoms with E-state index in [0.717, 1.165) is 10.0 Å². The summed E-state index contributed by atoms with van der Waals surface area (Å²) in [6.07, 6.45) is 1.11. The van der Waals surface area contributed by atoms with Gasteiger partial charge in [-0.3, -0.25) is 20.4 Å². The smallest absolute Gasteiger partial charge is 0.269 e. The Morgan fingerprint density at radius 2 is 1.68 bits per heavy atom. The zero-order chi connectivity index (χ0) is 20.0. The largest absolute Gasteiger partial charge is 0.494 e. The van der Waals surface area contributed by atoms with Gasteiger partial charge in [-0.2, -0.15) is 0 Å². The normalized spacial score (nSPS) is 15.5. The molecule has 2 aromatic carbocycles. The monoisotopic (exact) mass is 446 g/mol. The van der Waals surface area contributed by atoms with Crippen LogP contribution in [0.15, 0.2) is 53.0 Å². The molecular weight excluding hydrogens is 424 g/mol. The summed E-state index contributed by atoms with van der Waals surface area (Å²) in [5, 5.41) is 0. The number of carbonyl (C=O) groups excluding carboxylic acids is 2. The number of carbonyl (C=O) groups is 2. The van der Waals surface area contributed by atoms with Crippen molar-refractivity contribution < 1.29 is 19.1 Å². The van der Waals surface area contributed by atoms with Crippen molar-refractivity contribution >= 4 is 27.7 Å². The van der Waals surface area contributed by atoms with Crippen LogP contribution in [0, 0.1) is 0 Å². The Hall–Kier alpha value is -2.38. The summed E-state index contributed by atoms with van der Waals surface area (Å²) in [5.41, 5.74) is 5.75. The lowest BCUT2D eigenvalue weighted by atomic mass is 9.73. The van der Waals surface area contributed by atoms with E-state index in [1.54, 1.807) is 24.3 Å². The molecule has 0 aliphatic carbocycles. The molecule has 2 aromatic rings. The number of hydrogen-bond acceptors (Lipinski definition) is 4. The molecule has 1 aliphatic rings. The maximum absolute atomic E-state index is 13.1. The minimum absolute atomic E-state index is 0.239. The molecule has 7 heteroatoms. The quantitative estimate of drug-likeness (QED) is 0.690. The van der Waals surface area contributed by atoms with E-state index in [4.69, 9.17) is 9.47 Å². The molecule has 1 heterocycles. The topological polar surface area (TPSA) is 76.7 Å². The third-order valence-corrected chi connectivity index (χ3v) is 5.42. The van der Waals surface area contributed by atoms with Gasteiger partial charge in [0.05, 0.1) is 12.0 Å². The van der Waals surface area contributed by atoms with Crippen molar-refractivity contribution in [2.75, 3.05) is 19.8 Å². The first-order chi connectivity index (χ1) is 13.5. The molecule has 6 nitrogen and oxygen atoms in total. The van der Waals surface area contributed by atoms with Crippen molar-refractivity contribution in [2.45, 2.75) is 25.2 Å². The van der Waals surface area contributed by atoms with Crippen molar-refractivity contribution in [1.29, 1.82) is 0 Å². The average molecular weight is 447 g/mol. The summed E-state index contributed by atoms with van der Waals surface area (Å²) in [6.45, 7) is 3.45. The molecule has 0 aromatic heterocycles. The predicted octanol–water partition coefficient (Wildman–Crippen LogP) is 3.36. The van der Waals surface area contributed by atoms with E-state index in [1.165, 1.54) is 0 Å². The summed E-state index contributed by atoms with van der Waals surface area (Å²) in [6, 6.07) is 14.5. The van der Waals surface area contributed by atoms with Crippen molar-refractivity contribution in [3.05, 3.63) is 64.1 Å². The summed E-state index contributed by atoms with van der Waals surface area (Å²) in [7, 11) is 0. The highest BCUT2D eigenvalue weighted by Gasteiger charge is 2.41. The van der Waals surface area contributed by atoms with Crippen molar-refractivity contribution in [3.8, 4) is 5.75 Å². The molecule has 28 heavy (non-hydrogen) atoms. The first-order valence-electron chi connectivity index (χ1n) is 9.22. The molecule has 0 radical (unpaired) electrons. The molecule has 0 spiro atoms. The third kappa shape index (κ3) is 4.54.